The number of hydrogen-bond donors (Lipinski definition) is 0. The van der Waals surface area contributed by atoms with Crippen LogP contribution in [-0.2, 0) is 9.53 Å². The van der Waals surface area contributed by atoms with E-state index in [2.05, 4.69) is 0 Å². The maximum absolute atomic E-state index is 11.9. The first kappa shape index (κ1) is 15.2. The number of carbonyl (C=O) groups is 2. The van der Waals surface area contributed by atoms with Crippen LogP contribution in [0.5, 0.6) is 5.75 Å². The van der Waals surface area contributed by atoms with Crippen molar-refractivity contribution >= 4 is 11.8 Å². The summed E-state index contributed by atoms with van der Waals surface area (Å²) in [5, 5.41) is 0. The number of ether oxygens (including phenoxy) is 2. The van der Waals surface area contributed by atoms with Gasteiger partial charge in [-0.05, 0) is 51.5 Å². The smallest absolute Gasteiger partial charge is 0.313 e. The zero-order valence-corrected chi connectivity index (χ0v) is 11.9. The number of esters is 1. The summed E-state index contributed by atoms with van der Waals surface area (Å²) in [7, 11) is 0. The Morgan fingerprint density at radius 1 is 1.26 bits per heavy atom. The quantitative estimate of drug-likeness (QED) is 0.450. The number of aryl methyl sites for hydroxylation is 1. The lowest BCUT2D eigenvalue weighted by molar-refractivity contribution is -0.141. The van der Waals surface area contributed by atoms with Gasteiger partial charge in [0.15, 0.2) is 5.78 Å². The standard InChI is InChI=1S/C15H20O4/c1-5-18-15(17)9-13(16)12-6-7-14(11(4)8-12)19-10(2)3/h6-8,10H,5,9H2,1-4H3. The lowest BCUT2D eigenvalue weighted by Crippen LogP contribution is -2.12. The minimum Gasteiger partial charge on any atom is -0.491 e. The third-order valence-corrected chi connectivity index (χ3v) is 2.47. The van der Waals surface area contributed by atoms with Crippen molar-refractivity contribution in [2.24, 2.45) is 0 Å². The molecule has 0 saturated heterocycles. The second-order valence-electron chi connectivity index (χ2n) is 4.55. The molecule has 104 valence electrons. The van der Waals surface area contributed by atoms with Crippen LogP contribution in [0.3, 0.4) is 0 Å². The first-order valence-corrected chi connectivity index (χ1v) is 6.40. The van der Waals surface area contributed by atoms with E-state index >= 15 is 0 Å². The molecule has 1 rings (SSSR count). The van der Waals surface area contributed by atoms with Crippen molar-refractivity contribution in [1.82, 2.24) is 0 Å². The van der Waals surface area contributed by atoms with Crippen LogP contribution in [0.15, 0.2) is 18.2 Å². The van der Waals surface area contributed by atoms with E-state index < -0.39 is 5.97 Å². The van der Waals surface area contributed by atoms with Crippen LogP contribution < -0.4 is 4.74 Å². The Morgan fingerprint density at radius 2 is 1.95 bits per heavy atom. The van der Waals surface area contributed by atoms with Crippen LogP contribution >= 0.6 is 0 Å². The topological polar surface area (TPSA) is 52.6 Å². The Labute approximate surface area is 113 Å². The van der Waals surface area contributed by atoms with Crippen molar-refractivity contribution in [2.75, 3.05) is 6.61 Å². The van der Waals surface area contributed by atoms with Gasteiger partial charge in [-0.1, -0.05) is 0 Å². The maximum Gasteiger partial charge on any atom is 0.313 e. The van der Waals surface area contributed by atoms with E-state index in [1.54, 1.807) is 25.1 Å². The summed E-state index contributed by atoms with van der Waals surface area (Å²) in [6.45, 7) is 7.76. The lowest BCUT2D eigenvalue weighted by atomic mass is 10.1. The van der Waals surface area contributed by atoms with E-state index in [1.165, 1.54) is 0 Å². The van der Waals surface area contributed by atoms with Gasteiger partial charge in [-0.25, -0.2) is 0 Å². The molecule has 1 aromatic rings. The van der Waals surface area contributed by atoms with Gasteiger partial charge in [-0.15, -0.1) is 0 Å². The van der Waals surface area contributed by atoms with Crippen molar-refractivity contribution in [3.8, 4) is 5.75 Å². The molecule has 4 heteroatoms. The minimum absolute atomic E-state index is 0.0831. The molecule has 0 aliphatic carbocycles. The molecule has 0 N–H and O–H groups in total. The maximum atomic E-state index is 11.9. The van der Waals surface area contributed by atoms with Gasteiger partial charge in [0.05, 0.1) is 12.7 Å². The third kappa shape index (κ3) is 4.73. The van der Waals surface area contributed by atoms with Gasteiger partial charge < -0.3 is 9.47 Å². The van der Waals surface area contributed by atoms with Crippen molar-refractivity contribution in [3.63, 3.8) is 0 Å². The van der Waals surface area contributed by atoms with Gasteiger partial charge in [0, 0.05) is 5.56 Å². The van der Waals surface area contributed by atoms with Gasteiger partial charge in [0.2, 0.25) is 0 Å². The Bertz CT molecular complexity index is 463. The normalized spacial score (nSPS) is 10.4. The molecule has 0 heterocycles. The zero-order chi connectivity index (χ0) is 14.4. The summed E-state index contributed by atoms with van der Waals surface area (Å²) in [4.78, 5) is 23.1. The molecule has 0 fully saturated rings. The number of hydrogen-bond acceptors (Lipinski definition) is 4. The number of ketones is 1. The predicted octanol–water partition coefficient (Wildman–Crippen LogP) is 2.92. The number of benzene rings is 1. The largest absolute Gasteiger partial charge is 0.491 e. The number of Topliss-reactive ketones (excluding diaryl/α,β-unsaturated/α-hetero) is 1. The molecule has 0 bridgehead atoms. The van der Waals surface area contributed by atoms with E-state index in [1.807, 2.05) is 20.8 Å². The van der Waals surface area contributed by atoms with Gasteiger partial charge in [0.25, 0.3) is 0 Å². The molecule has 0 unspecified atom stereocenters. The van der Waals surface area contributed by atoms with Crippen molar-refractivity contribution in [2.45, 2.75) is 40.2 Å². The average molecular weight is 264 g/mol. The van der Waals surface area contributed by atoms with Crippen LogP contribution in [0.2, 0.25) is 0 Å². The molecule has 0 saturated carbocycles. The van der Waals surface area contributed by atoms with E-state index in [9.17, 15) is 9.59 Å². The van der Waals surface area contributed by atoms with Crippen molar-refractivity contribution < 1.29 is 19.1 Å². The summed E-state index contributed by atoms with van der Waals surface area (Å²) in [5.41, 5.74) is 1.38. The Hall–Kier alpha value is -1.84. The monoisotopic (exact) mass is 264 g/mol. The van der Waals surface area contributed by atoms with E-state index in [0.717, 1.165) is 11.3 Å². The van der Waals surface area contributed by atoms with E-state index in [0.29, 0.717) is 5.56 Å². The fourth-order valence-corrected chi connectivity index (χ4v) is 1.65. The predicted molar refractivity (Wildman–Crippen MR) is 72.5 cm³/mol. The van der Waals surface area contributed by atoms with Crippen LogP contribution in [0.25, 0.3) is 0 Å². The van der Waals surface area contributed by atoms with E-state index in [-0.39, 0.29) is 24.9 Å². The summed E-state index contributed by atoms with van der Waals surface area (Å²) in [6, 6.07) is 5.17. The van der Waals surface area contributed by atoms with Gasteiger partial charge in [-0.3, -0.25) is 9.59 Å². The fraction of sp³-hybridized carbons (Fsp3) is 0.467. The minimum atomic E-state index is -0.493. The zero-order valence-electron chi connectivity index (χ0n) is 11.9. The second kappa shape index (κ2) is 6.92. The Morgan fingerprint density at radius 3 is 2.47 bits per heavy atom. The highest BCUT2D eigenvalue weighted by Crippen LogP contribution is 2.21. The van der Waals surface area contributed by atoms with Gasteiger partial charge in [-0.2, -0.15) is 0 Å². The Kier molecular flexibility index (Phi) is 5.55. The van der Waals surface area contributed by atoms with Crippen LogP contribution in [0, 0.1) is 6.92 Å². The van der Waals surface area contributed by atoms with Crippen molar-refractivity contribution in [3.05, 3.63) is 29.3 Å². The third-order valence-electron chi connectivity index (χ3n) is 2.47. The van der Waals surface area contributed by atoms with Gasteiger partial charge >= 0.3 is 5.97 Å². The molecule has 0 amide bonds. The average Bonchev–Trinajstić information content (AvgIpc) is 2.31. The first-order chi connectivity index (χ1) is 8.93. The molecule has 0 aliphatic heterocycles. The molecule has 0 aromatic heterocycles. The van der Waals surface area contributed by atoms with Gasteiger partial charge in [0.1, 0.15) is 12.2 Å². The summed E-state index contributed by atoms with van der Waals surface area (Å²) >= 11 is 0. The molecule has 4 nitrogen and oxygen atoms in total. The molecule has 0 radical (unpaired) electrons. The Balaban J connectivity index is 2.77. The van der Waals surface area contributed by atoms with Crippen LogP contribution in [0.1, 0.15) is 43.1 Å². The summed E-state index contributed by atoms with van der Waals surface area (Å²) < 4.78 is 10.4. The van der Waals surface area contributed by atoms with Crippen LogP contribution in [0.4, 0.5) is 0 Å². The molecule has 0 atom stereocenters. The SMILES string of the molecule is CCOC(=O)CC(=O)c1ccc(OC(C)C)c(C)c1. The molecular formula is C15H20O4. The van der Waals surface area contributed by atoms with E-state index in [4.69, 9.17) is 9.47 Å². The summed E-state index contributed by atoms with van der Waals surface area (Å²) in [6.07, 6.45) is -0.141. The second-order valence-corrected chi connectivity index (χ2v) is 4.55. The highest BCUT2D eigenvalue weighted by molar-refractivity contribution is 6.06. The lowest BCUT2D eigenvalue weighted by Gasteiger charge is -2.13. The number of carbonyl (C=O) groups excluding carboxylic acids is 2. The molecular weight excluding hydrogens is 244 g/mol. The number of rotatable bonds is 6. The van der Waals surface area contributed by atoms with Crippen LogP contribution in [-0.4, -0.2) is 24.5 Å². The molecule has 19 heavy (non-hydrogen) atoms. The van der Waals surface area contributed by atoms with Crippen molar-refractivity contribution in [1.29, 1.82) is 0 Å². The molecule has 1 aromatic carbocycles. The molecule has 0 aliphatic rings. The first-order valence-electron chi connectivity index (χ1n) is 6.40. The molecule has 0 spiro atoms. The highest BCUT2D eigenvalue weighted by atomic mass is 16.5. The highest BCUT2D eigenvalue weighted by Gasteiger charge is 2.14. The fourth-order valence-electron chi connectivity index (χ4n) is 1.65. The summed E-state index contributed by atoms with van der Waals surface area (Å²) in [5.74, 6) is 0.0213.